The van der Waals surface area contributed by atoms with Crippen LogP contribution in [0.2, 0.25) is 0 Å². The Morgan fingerprint density at radius 1 is 1.21 bits per heavy atom. The summed E-state index contributed by atoms with van der Waals surface area (Å²) in [6.45, 7) is 1.94. The van der Waals surface area contributed by atoms with Crippen LogP contribution in [0.4, 0.5) is 5.13 Å². The Labute approximate surface area is 114 Å². The third kappa shape index (κ3) is 2.61. The molecule has 0 saturated carbocycles. The number of aromatic nitrogens is 2. The van der Waals surface area contributed by atoms with Gasteiger partial charge in [-0.2, -0.15) is 5.10 Å². The normalized spacial score (nSPS) is 11.7. The zero-order chi connectivity index (χ0) is 13.1. The molecule has 0 saturated heterocycles. The van der Waals surface area contributed by atoms with E-state index < -0.39 is 0 Å². The Morgan fingerprint density at radius 2 is 2.11 bits per heavy atom. The molecule has 0 fully saturated rings. The van der Waals surface area contributed by atoms with E-state index in [9.17, 15) is 0 Å². The molecule has 0 bridgehead atoms. The topological polar surface area (TPSA) is 50.2 Å². The summed E-state index contributed by atoms with van der Waals surface area (Å²) >= 11 is 1.59. The number of nitrogens with one attached hydrogen (secondary N) is 1. The SMILES string of the molecule is C/C(=N/Nc1nc2ccccc2s1)c1cccnc1. The fraction of sp³-hybridized carbons (Fsp3) is 0.0714. The van der Waals surface area contributed by atoms with Crippen LogP contribution in [0.5, 0.6) is 0 Å². The van der Waals surface area contributed by atoms with Crippen molar-refractivity contribution >= 4 is 32.4 Å². The van der Waals surface area contributed by atoms with Crippen molar-refractivity contribution in [3.05, 3.63) is 54.4 Å². The van der Waals surface area contributed by atoms with Crippen LogP contribution in [-0.4, -0.2) is 15.7 Å². The second kappa shape index (κ2) is 5.16. The van der Waals surface area contributed by atoms with Crippen molar-refractivity contribution in [2.45, 2.75) is 6.92 Å². The molecule has 3 aromatic rings. The lowest BCUT2D eigenvalue weighted by Crippen LogP contribution is -1.99. The van der Waals surface area contributed by atoms with E-state index in [1.807, 2.05) is 37.3 Å². The molecule has 0 aliphatic carbocycles. The van der Waals surface area contributed by atoms with Gasteiger partial charge in [0.15, 0.2) is 0 Å². The summed E-state index contributed by atoms with van der Waals surface area (Å²) in [7, 11) is 0. The van der Waals surface area contributed by atoms with E-state index in [0.29, 0.717) is 0 Å². The van der Waals surface area contributed by atoms with Crippen molar-refractivity contribution in [1.82, 2.24) is 9.97 Å². The van der Waals surface area contributed by atoms with Crippen molar-refractivity contribution in [2.24, 2.45) is 5.10 Å². The van der Waals surface area contributed by atoms with Gasteiger partial charge in [-0.3, -0.25) is 10.4 Å². The van der Waals surface area contributed by atoms with Gasteiger partial charge in [0, 0.05) is 18.0 Å². The minimum atomic E-state index is 0.796. The fourth-order valence-corrected chi connectivity index (χ4v) is 2.50. The summed E-state index contributed by atoms with van der Waals surface area (Å²) < 4.78 is 1.15. The highest BCUT2D eigenvalue weighted by Crippen LogP contribution is 2.25. The first-order valence-corrected chi connectivity index (χ1v) is 6.71. The van der Waals surface area contributed by atoms with Gasteiger partial charge in [-0.1, -0.05) is 29.5 Å². The number of anilines is 1. The number of rotatable bonds is 3. The van der Waals surface area contributed by atoms with Crippen LogP contribution in [0.1, 0.15) is 12.5 Å². The van der Waals surface area contributed by atoms with Gasteiger partial charge in [-0.15, -0.1) is 0 Å². The maximum Gasteiger partial charge on any atom is 0.204 e. The average Bonchev–Trinajstić information content (AvgIpc) is 2.88. The molecule has 0 spiro atoms. The molecule has 2 aromatic heterocycles. The molecule has 94 valence electrons. The summed E-state index contributed by atoms with van der Waals surface area (Å²) in [6.07, 6.45) is 3.54. The predicted octanol–water partition coefficient (Wildman–Crippen LogP) is 3.53. The molecule has 0 amide bonds. The molecule has 19 heavy (non-hydrogen) atoms. The van der Waals surface area contributed by atoms with E-state index in [-0.39, 0.29) is 0 Å². The Hall–Kier alpha value is -2.27. The number of fused-ring (bicyclic) bond motifs is 1. The van der Waals surface area contributed by atoms with Crippen LogP contribution < -0.4 is 5.43 Å². The third-order valence-electron chi connectivity index (χ3n) is 2.69. The first-order chi connectivity index (χ1) is 9.33. The Kier molecular flexibility index (Phi) is 3.20. The standard InChI is InChI=1S/C14H12N4S/c1-10(11-5-4-8-15-9-11)17-18-14-16-12-6-2-3-7-13(12)19-14/h2-9H,1H3,(H,16,18)/b17-10-. The van der Waals surface area contributed by atoms with Gasteiger partial charge in [-0.25, -0.2) is 4.98 Å². The number of hydrazone groups is 1. The van der Waals surface area contributed by atoms with E-state index in [1.165, 1.54) is 0 Å². The number of hydrogen-bond acceptors (Lipinski definition) is 5. The monoisotopic (exact) mass is 268 g/mol. The number of benzene rings is 1. The molecule has 0 unspecified atom stereocenters. The van der Waals surface area contributed by atoms with Crippen LogP contribution in [0.25, 0.3) is 10.2 Å². The molecule has 3 rings (SSSR count). The highest BCUT2D eigenvalue weighted by atomic mass is 32.1. The smallest absolute Gasteiger partial charge is 0.204 e. The van der Waals surface area contributed by atoms with E-state index in [1.54, 1.807) is 23.7 Å². The van der Waals surface area contributed by atoms with Crippen molar-refractivity contribution in [3.63, 3.8) is 0 Å². The molecule has 0 radical (unpaired) electrons. The quantitative estimate of drug-likeness (QED) is 0.584. The molecule has 0 atom stereocenters. The van der Waals surface area contributed by atoms with Gasteiger partial charge in [0.2, 0.25) is 5.13 Å². The van der Waals surface area contributed by atoms with E-state index in [0.717, 1.165) is 26.6 Å². The molecule has 0 aliphatic rings. The lowest BCUT2D eigenvalue weighted by molar-refractivity contribution is 1.27. The largest absolute Gasteiger partial charge is 0.264 e. The number of pyridine rings is 1. The van der Waals surface area contributed by atoms with Crippen molar-refractivity contribution in [3.8, 4) is 0 Å². The first kappa shape index (κ1) is 11.8. The highest BCUT2D eigenvalue weighted by molar-refractivity contribution is 7.22. The lowest BCUT2D eigenvalue weighted by Gasteiger charge is -1.99. The lowest BCUT2D eigenvalue weighted by atomic mass is 10.2. The summed E-state index contributed by atoms with van der Waals surface area (Å²) in [5.74, 6) is 0. The van der Waals surface area contributed by atoms with Gasteiger partial charge in [-0.05, 0) is 25.1 Å². The second-order valence-electron chi connectivity index (χ2n) is 4.04. The zero-order valence-electron chi connectivity index (χ0n) is 10.4. The number of nitrogens with zero attached hydrogens (tertiary/aromatic N) is 3. The zero-order valence-corrected chi connectivity index (χ0v) is 11.2. The van der Waals surface area contributed by atoms with Gasteiger partial charge in [0.1, 0.15) is 0 Å². The molecular formula is C14H12N4S. The van der Waals surface area contributed by atoms with Crippen molar-refractivity contribution in [2.75, 3.05) is 5.43 Å². The third-order valence-corrected chi connectivity index (χ3v) is 3.63. The average molecular weight is 268 g/mol. The summed E-state index contributed by atoms with van der Waals surface area (Å²) in [5.41, 5.74) is 5.87. The molecule has 0 aliphatic heterocycles. The van der Waals surface area contributed by atoms with Crippen LogP contribution in [0, 0.1) is 0 Å². The Balaban J connectivity index is 1.82. The van der Waals surface area contributed by atoms with Crippen LogP contribution in [0.15, 0.2) is 53.9 Å². The Morgan fingerprint density at radius 3 is 2.89 bits per heavy atom. The van der Waals surface area contributed by atoms with Crippen LogP contribution >= 0.6 is 11.3 Å². The summed E-state index contributed by atoms with van der Waals surface area (Å²) in [6, 6.07) is 11.9. The minimum Gasteiger partial charge on any atom is -0.264 e. The van der Waals surface area contributed by atoms with Gasteiger partial charge >= 0.3 is 0 Å². The maximum atomic E-state index is 4.46. The number of hydrogen-bond donors (Lipinski definition) is 1. The van der Waals surface area contributed by atoms with Gasteiger partial charge < -0.3 is 0 Å². The molecule has 1 N–H and O–H groups in total. The predicted molar refractivity (Wildman–Crippen MR) is 79.7 cm³/mol. The fourth-order valence-electron chi connectivity index (χ4n) is 1.69. The van der Waals surface area contributed by atoms with Gasteiger partial charge in [0.05, 0.1) is 15.9 Å². The highest BCUT2D eigenvalue weighted by Gasteiger charge is 2.02. The summed E-state index contributed by atoms with van der Waals surface area (Å²) in [4.78, 5) is 8.54. The molecular weight excluding hydrogens is 256 g/mol. The van der Waals surface area contributed by atoms with E-state index >= 15 is 0 Å². The minimum absolute atomic E-state index is 0.796. The van der Waals surface area contributed by atoms with Crippen LogP contribution in [-0.2, 0) is 0 Å². The van der Waals surface area contributed by atoms with Gasteiger partial charge in [0.25, 0.3) is 0 Å². The van der Waals surface area contributed by atoms with Crippen LogP contribution in [0.3, 0.4) is 0 Å². The molecule has 2 heterocycles. The number of thiazole rings is 1. The first-order valence-electron chi connectivity index (χ1n) is 5.89. The second-order valence-corrected chi connectivity index (χ2v) is 5.07. The van der Waals surface area contributed by atoms with Crippen molar-refractivity contribution < 1.29 is 0 Å². The maximum absolute atomic E-state index is 4.46. The molecule has 5 heteroatoms. The summed E-state index contributed by atoms with van der Waals surface area (Å²) in [5, 5.41) is 5.13. The number of para-hydroxylation sites is 1. The Bertz CT molecular complexity index is 685. The molecule has 4 nitrogen and oxygen atoms in total. The van der Waals surface area contributed by atoms with E-state index in [2.05, 4.69) is 26.6 Å². The van der Waals surface area contributed by atoms with Crippen molar-refractivity contribution in [1.29, 1.82) is 0 Å². The molecule has 1 aromatic carbocycles. The van der Waals surface area contributed by atoms with E-state index in [4.69, 9.17) is 0 Å².